The molecule has 1 aliphatic heterocycles. The molecule has 120 valence electrons. The van der Waals surface area contributed by atoms with Crippen molar-refractivity contribution in [3.8, 4) is 0 Å². The second-order valence-corrected chi connectivity index (χ2v) is 5.93. The van der Waals surface area contributed by atoms with Crippen LogP contribution in [0.25, 0.3) is 0 Å². The van der Waals surface area contributed by atoms with Crippen LogP contribution >= 0.6 is 0 Å². The minimum absolute atomic E-state index is 0.0126. The third-order valence-corrected chi connectivity index (χ3v) is 4.25. The SMILES string of the molecule is CC(CNC(=O)C1CNCc2ccccc21)c1ccc(F)cn1. The van der Waals surface area contributed by atoms with E-state index in [-0.39, 0.29) is 23.6 Å². The van der Waals surface area contributed by atoms with E-state index in [9.17, 15) is 9.18 Å². The van der Waals surface area contributed by atoms with Crippen LogP contribution < -0.4 is 10.6 Å². The second-order valence-electron chi connectivity index (χ2n) is 5.93. The number of fused-ring (bicyclic) bond motifs is 1. The lowest BCUT2D eigenvalue weighted by Crippen LogP contribution is -2.40. The van der Waals surface area contributed by atoms with Gasteiger partial charge in [0, 0.05) is 31.2 Å². The van der Waals surface area contributed by atoms with Gasteiger partial charge >= 0.3 is 0 Å². The Bertz CT molecular complexity index is 687. The minimum Gasteiger partial charge on any atom is -0.355 e. The summed E-state index contributed by atoms with van der Waals surface area (Å²) in [4.78, 5) is 16.6. The van der Waals surface area contributed by atoms with E-state index in [4.69, 9.17) is 0 Å². The number of amides is 1. The summed E-state index contributed by atoms with van der Waals surface area (Å²) in [6.07, 6.45) is 1.20. The molecule has 0 spiro atoms. The molecule has 1 aromatic carbocycles. The van der Waals surface area contributed by atoms with Crippen LogP contribution in [0.1, 0.15) is 35.6 Å². The first kappa shape index (κ1) is 15.6. The number of hydrogen-bond acceptors (Lipinski definition) is 3. The van der Waals surface area contributed by atoms with Gasteiger partial charge in [-0.05, 0) is 23.3 Å². The molecule has 1 aliphatic rings. The Morgan fingerprint density at radius 1 is 1.39 bits per heavy atom. The highest BCUT2D eigenvalue weighted by Gasteiger charge is 2.26. The first-order valence-corrected chi connectivity index (χ1v) is 7.83. The highest BCUT2D eigenvalue weighted by atomic mass is 19.1. The molecule has 0 aliphatic carbocycles. The third kappa shape index (κ3) is 3.56. The normalized spacial score (nSPS) is 18.1. The number of carbonyl (C=O) groups excluding carboxylic acids is 1. The van der Waals surface area contributed by atoms with Crippen molar-refractivity contribution in [2.45, 2.75) is 25.3 Å². The van der Waals surface area contributed by atoms with Gasteiger partial charge in [-0.25, -0.2) is 4.39 Å². The molecule has 0 fully saturated rings. The number of halogens is 1. The van der Waals surface area contributed by atoms with Crippen LogP contribution in [0.15, 0.2) is 42.6 Å². The standard InChI is InChI=1S/C18H20FN3O/c1-12(17-7-6-14(19)10-21-17)8-22-18(23)16-11-20-9-13-4-2-3-5-15(13)16/h2-7,10,12,16,20H,8-9,11H2,1H3,(H,22,23). The largest absolute Gasteiger partial charge is 0.355 e. The molecular weight excluding hydrogens is 293 g/mol. The molecular formula is C18H20FN3O. The molecule has 1 amide bonds. The lowest BCUT2D eigenvalue weighted by atomic mass is 9.90. The lowest BCUT2D eigenvalue weighted by molar-refractivity contribution is -0.122. The third-order valence-electron chi connectivity index (χ3n) is 4.25. The maximum absolute atomic E-state index is 12.9. The monoisotopic (exact) mass is 313 g/mol. The number of nitrogens with zero attached hydrogens (tertiary/aromatic N) is 1. The Balaban J connectivity index is 1.63. The summed E-state index contributed by atoms with van der Waals surface area (Å²) in [6, 6.07) is 11.1. The van der Waals surface area contributed by atoms with Gasteiger partial charge in [-0.1, -0.05) is 31.2 Å². The van der Waals surface area contributed by atoms with Crippen LogP contribution in [-0.4, -0.2) is 24.0 Å². The van der Waals surface area contributed by atoms with Crippen molar-refractivity contribution in [3.63, 3.8) is 0 Å². The van der Waals surface area contributed by atoms with Crippen molar-refractivity contribution >= 4 is 5.91 Å². The van der Waals surface area contributed by atoms with Crippen molar-refractivity contribution in [1.82, 2.24) is 15.6 Å². The van der Waals surface area contributed by atoms with E-state index >= 15 is 0 Å². The Morgan fingerprint density at radius 2 is 2.22 bits per heavy atom. The fourth-order valence-electron chi connectivity index (χ4n) is 2.89. The van der Waals surface area contributed by atoms with Gasteiger partial charge in [0.25, 0.3) is 0 Å². The fraction of sp³-hybridized carbons (Fsp3) is 0.333. The summed E-state index contributed by atoms with van der Waals surface area (Å²) in [6.45, 7) is 3.89. The zero-order valence-corrected chi connectivity index (χ0v) is 13.1. The van der Waals surface area contributed by atoms with Gasteiger partial charge in [-0.2, -0.15) is 0 Å². The molecule has 0 saturated heterocycles. The van der Waals surface area contributed by atoms with Crippen molar-refractivity contribution in [2.75, 3.05) is 13.1 Å². The van der Waals surface area contributed by atoms with Gasteiger partial charge < -0.3 is 10.6 Å². The first-order valence-electron chi connectivity index (χ1n) is 7.83. The van der Waals surface area contributed by atoms with Gasteiger partial charge in [0.1, 0.15) is 5.82 Å². The summed E-state index contributed by atoms with van der Waals surface area (Å²) >= 11 is 0. The topological polar surface area (TPSA) is 54.0 Å². The van der Waals surface area contributed by atoms with Crippen LogP contribution in [0.3, 0.4) is 0 Å². The van der Waals surface area contributed by atoms with E-state index in [0.29, 0.717) is 13.1 Å². The van der Waals surface area contributed by atoms with E-state index in [2.05, 4.69) is 15.6 Å². The summed E-state index contributed by atoms with van der Waals surface area (Å²) in [7, 11) is 0. The van der Waals surface area contributed by atoms with Crippen molar-refractivity contribution in [3.05, 3.63) is 65.2 Å². The maximum atomic E-state index is 12.9. The summed E-state index contributed by atoms with van der Waals surface area (Å²) < 4.78 is 12.9. The average Bonchev–Trinajstić information content (AvgIpc) is 2.59. The molecule has 2 aromatic rings. The molecule has 1 aromatic heterocycles. The summed E-state index contributed by atoms with van der Waals surface area (Å²) in [5, 5.41) is 6.28. The Morgan fingerprint density at radius 3 is 3.00 bits per heavy atom. The number of carbonyl (C=O) groups is 1. The molecule has 0 saturated carbocycles. The van der Waals surface area contributed by atoms with Crippen LogP contribution in [-0.2, 0) is 11.3 Å². The predicted octanol–water partition coefficient (Wildman–Crippen LogP) is 2.33. The quantitative estimate of drug-likeness (QED) is 0.911. The summed E-state index contributed by atoms with van der Waals surface area (Å²) in [5.74, 6) is -0.479. The molecule has 0 bridgehead atoms. The molecule has 4 nitrogen and oxygen atoms in total. The van der Waals surface area contributed by atoms with Crippen LogP contribution in [0, 0.1) is 5.82 Å². The highest BCUT2D eigenvalue weighted by molar-refractivity contribution is 5.84. The van der Waals surface area contributed by atoms with E-state index < -0.39 is 0 Å². The number of aromatic nitrogens is 1. The smallest absolute Gasteiger partial charge is 0.228 e. The Kier molecular flexibility index (Phi) is 4.67. The number of nitrogens with one attached hydrogen (secondary N) is 2. The maximum Gasteiger partial charge on any atom is 0.228 e. The van der Waals surface area contributed by atoms with E-state index in [1.165, 1.54) is 17.8 Å². The molecule has 0 radical (unpaired) electrons. The number of rotatable bonds is 4. The van der Waals surface area contributed by atoms with Crippen molar-refractivity contribution < 1.29 is 9.18 Å². The van der Waals surface area contributed by atoms with Gasteiger partial charge in [-0.15, -0.1) is 0 Å². The van der Waals surface area contributed by atoms with Gasteiger partial charge in [0.05, 0.1) is 12.1 Å². The van der Waals surface area contributed by atoms with Crippen molar-refractivity contribution in [1.29, 1.82) is 0 Å². The zero-order valence-electron chi connectivity index (χ0n) is 13.1. The van der Waals surface area contributed by atoms with Gasteiger partial charge in [0.2, 0.25) is 5.91 Å². The summed E-state index contributed by atoms with van der Waals surface area (Å²) in [5.41, 5.74) is 3.04. The lowest BCUT2D eigenvalue weighted by Gasteiger charge is -2.26. The number of benzene rings is 1. The molecule has 23 heavy (non-hydrogen) atoms. The average molecular weight is 313 g/mol. The molecule has 5 heteroatoms. The van der Waals surface area contributed by atoms with Gasteiger partial charge in [-0.3, -0.25) is 9.78 Å². The molecule has 2 N–H and O–H groups in total. The minimum atomic E-state index is -0.352. The van der Waals surface area contributed by atoms with Gasteiger partial charge in [0.15, 0.2) is 0 Å². The molecule has 2 heterocycles. The van der Waals surface area contributed by atoms with E-state index in [1.54, 1.807) is 6.07 Å². The number of hydrogen-bond donors (Lipinski definition) is 2. The van der Waals surface area contributed by atoms with Crippen LogP contribution in [0.5, 0.6) is 0 Å². The molecule has 2 atom stereocenters. The molecule has 3 rings (SSSR count). The molecule has 2 unspecified atom stereocenters. The number of pyridine rings is 1. The zero-order chi connectivity index (χ0) is 16.2. The van der Waals surface area contributed by atoms with Crippen molar-refractivity contribution in [2.24, 2.45) is 0 Å². The van der Waals surface area contributed by atoms with Crippen LogP contribution in [0.4, 0.5) is 4.39 Å². The second kappa shape index (κ2) is 6.87. The highest BCUT2D eigenvalue weighted by Crippen LogP contribution is 2.24. The first-order chi connectivity index (χ1) is 11.1. The fourth-order valence-corrected chi connectivity index (χ4v) is 2.89. The van der Waals surface area contributed by atoms with E-state index in [0.717, 1.165) is 17.8 Å². The van der Waals surface area contributed by atoms with E-state index in [1.807, 2.05) is 31.2 Å². The Hall–Kier alpha value is -2.27. The Labute approximate surface area is 135 Å². The van der Waals surface area contributed by atoms with Crippen LogP contribution in [0.2, 0.25) is 0 Å². The predicted molar refractivity (Wildman–Crippen MR) is 86.5 cm³/mol.